The molecule has 3 N–H and O–H groups in total. The van der Waals surface area contributed by atoms with Gasteiger partial charge in [0.05, 0.1) is 10.7 Å². The normalized spacial score (nSPS) is 12.4. The molecule has 18 heavy (non-hydrogen) atoms. The van der Waals surface area contributed by atoms with Crippen molar-refractivity contribution in [2.45, 2.75) is 13.0 Å². The van der Waals surface area contributed by atoms with Crippen LogP contribution in [0.15, 0.2) is 29.1 Å². The number of nitrogens with two attached hydrogens (primary N) is 1. The van der Waals surface area contributed by atoms with Crippen molar-refractivity contribution in [3.05, 3.63) is 50.4 Å². The van der Waals surface area contributed by atoms with Crippen LogP contribution in [-0.4, -0.2) is 9.97 Å². The number of aromatic nitrogens is 2. The summed E-state index contributed by atoms with van der Waals surface area (Å²) in [6.45, 7) is 1.76. The molecule has 1 aromatic heterocycles. The SMILES string of the molecule is CC(N)c1cc(=O)[nH]c(-c2ccc(Cl)cc2Cl)n1. The Balaban J connectivity index is 2.60. The van der Waals surface area contributed by atoms with Gasteiger partial charge >= 0.3 is 0 Å². The van der Waals surface area contributed by atoms with Crippen molar-refractivity contribution in [1.82, 2.24) is 9.97 Å². The second kappa shape index (κ2) is 5.10. The minimum Gasteiger partial charge on any atom is -0.323 e. The molecular formula is C12H11Cl2N3O. The molecule has 1 aromatic carbocycles. The fourth-order valence-corrected chi connectivity index (χ4v) is 2.02. The van der Waals surface area contributed by atoms with Crippen molar-refractivity contribution >= 4 is 23.2 Å². The zero-order valence-electron chi connectivity index (χ0n) is 9.58. The Hall–Kier alpha value is -1.36. The van der Waals surface area contributed by atoms with E-state index in [1.165, 1.54) is 6.07 Å². The number of hydrogen-bond donors (Lipinski definition) is 2. The van der Waals surface area contributed by atoms with Gasteiger partial charge in [-0.3, -0.25) is 4.79 Å². The van der Waals surface area contributed by atoms with Gasteiger partial charge in [-0.2, -0.15) is 0 Å². The fraction of sp³-hybridized carbons (Fsp3) is 0.167. The second-order valence-corrected chi connectivity index (χ2v) is 4.78. The highest BCUT2D eigenvalue weighted by Gasteiger charge is 2.10. The summed E-state index contributed by atoms with van der Waals surface area (Å²) in [5.74, 6) is 0.386. The maximum absolute atomic E-state index is 11.5. The van der Waals surface area contributed by atoms with Gasteiger partial charge in [-0.1, -0.05) is 23.2 Å². The van der Waals surface area contributed by atoms with Crippen LogP contribution >= 0.6 is 23.2 Å². The van der Waals surface area contributed by atoms with E-state index in [9.17, 15) is 4.79 Å². The topological polar surface area (TPSA) is 71.8 Å². The van der Waals surface area contributed by atoms with Crippen LogP contribution in [0.5, 0.6) is 0 Å². The summed E-state index contributed by atoms with van der Waals surface area (Å²) in [5.41, 5.74) is 6.58. The van der Waals surface area contributed by atoms with E-state index in [4.69, 9.17) is 28.9 Å². The molecule has 2 rings (SSSR count). The third-order valence-electron chi connectivity index (χ3n) is 2.41. The summed E-state index contributed by atoms with van der Waals surface area (Å²) in [5, 5.41) is 0.946. The molecule has 1 heterocycles. The van der Waals surface area contributed by atoms with Crippen molar-refractivity contribution < 1.29 is 0 Å². The Bertz CT molecular complexity index is 637. The minimum atomic E-state index is -0.322. The maximum Gasteiger partial charge on any atom is 0.251 e. The van der Waals surface area contributed by atoms with E-state index in [0.717, 1.165) is 0 Å². The van der Waals surface area contributed by atoms with Gasteiger partial charge in [0.2, 0.25) is 0 Å². The quantitative estimate of drug-likeness (QED) is 0.890. The van der Waals surface area contributed by atoms with E-state index in [0.29, 0.717) is 27.1 Å². The van der Waals surface area contributed by atoms with Gasteiger partial charge in [0.15, 0.2) is 0 Å². The molecule has 0 aliphatic carbocycles. The first kappa shape index (κ1) is 13.1. The molecule has 0 amide bonds. The molecule has 0 radical (unpaired) electrons. The number of hydrogen-bond acceptors (Lipinski definition) is 3. The van der Waals surface area contributed by atoms with Crippen LogP contribution in [0, 0.1) is 0 Å². The first-order valence-electron chi connectivity index (χ1n) is 5.29. The molecule has 1 atom stereocenters. The predicted molar refractivity (Wildman–Crippen MR) is 72.9 cm³/mol. The smallest absolute Gasteiger partial charge is 0.251 e. The Morgan fingerprint density at radius 3 is 2.67 bits per heavy atom. The van der Waals surface area contributed by atoms with E-state index < -0.39 is 0 Å². The van der Waals surface area contributed by atoms with Crippen molar-refractivity contribution in [3.8, 4) is 11.4 Å². The van der Waals surface area contributed by atoms with Gasteiger partial charge in [-0.05, 0) is 25.1 Å². The van der Waals surface area contributed by atoms with Gasteiger partial charge in [0, 0.05) is 22.7 Å². The Morgan fingerprint density at radius 2 is 2.06 bits per heavy atom. The highest BCUT2D eigenvalue weighted by Crippen LogP contribution is 2.27. The molecule has 6 heteroatoms. The van der Waals surface area contributed by atoms with E-state index in [-0.39, 0.29) is 11.6 Å². The number of rotatable bonds is 2. The molecular weight excluding hydrogens is 273 g/mol. The molecule has 1 unspecified atom stereocenters. The highest BCUT2D eigenvalue weighted by molar-refractivity contribution is 6.36. The third kappa shape index (κ3) is 2.72. The van der Waals surface area contributed by atoms with Crippen molar-refractivity contribution in [2.75, 3.05) is 0 Å². The van der Waals surface area contributed by atoms with Crippen LogP contribution in [0.2, 0.25) is 10.0 Å². The minimum absolute atomic E-state index is 0.265. The predicted octanol–water partition coefficient (Wildman–Crippen LogP) is 2.76. The van der Waals surface area contributed by atoms with Crippen molar-refractivity contribution in [2.24, 2.45) is 5.73 Å². The van der Waals surface area contributed by atoms with Crippen LogP contribution in [0.4, 0.5) is 0 Å². The molecule has 0 fully saturated rings. The van der Waals surface area contributed by atoms with Crippen LogP contribution in [0.1, 0.15) is 18.7 Å². The lowest BCUT2D eigenvalue weighted by atomic mass is 10.2. The van der Waals surface area contributed by atoms with Gasteiger partial charge in [0.1, 0.15) is 5.82 Å². The van der Waals surface area contributed by atoms with E-state index >= 15 is 0 Å². The number of aromatic amines is 1. The molecule has 0 bridgehead atoms. The number of nitrogens with zero attached hydrogens (tertiary/aromatic N) is 1. The Kier molecular flexibility index (Phi) is 3.71. The lowest BCUT2D eigenvalue weighted by Crippen LogP contribution is -2.15. The summed E-state index contributed by atoms with van der Waals surface area (Å²) in [4.78, 5) is 18.5. The zero-order chi connectivity index (χ0) is 13.3. The van der Waals surface area contributed by atoms with Gasteiger partial charge in [-0.15, -0.1) is 0 Å². The summed E-state index contributed by atoms with van der Waals surface area (Å²) < 4.78 is 0. The molecule has 4 nitrogen and oxygen atoms in total. The summed E-state index contributed by atoms with van der Waals surface area (Å²) in [7, 11) is 0. The molecule has 94 valence electrons. The van der Waals surface area contributed by atoms with E-state index in [2.05, 4.69) is 9.97 Å². The average molecular weight is 284 g/mol. The van der Waals surface area contributed by atoms with Crippen LogP contribution < -0.4 is 11.3 Å². The number of nitrogens with one attached hydrogen (secondary N) is 1. The average Bonchev–Trinajstić information content (AvgIpc) is 2.27. The summed E-state index contributed by atoms with van der Waals surface area (Å²) in [6.07, 6.45) is 0. The van der Waals surface area contributed by atoms with Gasteiger partial charge < -0.3 is 10.7 Å². The Labute approximate surface area is 114 Å². The maximum atomic E-state index is 11.5. The number of H-pyrrole nitrogens is 1. The van der Waals surface area contributed by atoms with E-state index in [1.54, 1.807) is 25.1 Å². The monoisotopic (exact) mass is 283 g/mol. The van der Waals surface area contributed by atoms with Crippen LogP contribution in [-0.2, 0) is 0 Å². The van der Waals surface area contributed by atoms with Gasteiger partial charge in [-0.25, -0.2) is 4.98 Å². The summed E-state index contributed by atoms with van der Waals surface area (Å²) >= 11 is 11.9. The molecule has 2 aromatic rings. The lowest BCUT2D eigenvalue weighted by molar-refractivity contribution is 0.773. The first-order chi connectivity index (χ1) is 8.47. The largest absolute Gasteiger partial charge is 0.323 e. The number of benzene rings is 1. The van der Waals surface area contributed by atoms with Gasteiger partial charge in [0.25, 0.3) is 5.56 Å². The third-order valence-corrected chi connectivity index (χ3v) is 2.96. The zero-order valence-corrected chi connectivity index (χ0v) is 11.1. The lowest BCUT2D eigenvalue weighted by Gasteiger charge is -2.08. The van der Waals surface area contributed by atoms with Crippen molar-refractivity contribution in [3.63, 3.8) is 0 Å². The Morgan fingerprint density at radius 1 is 1.33 bits per heavy atom. The van der Waals surface area contributed by atoms with Crippen LogP contribution in [0.3, 0.4) is 0 Å². The standard InChI is InChI=1S/C12H11Cl2N3O/c1-6(15)10-5-11(18)17-12(16-10)8-3-2-7(13)4-9(8)14/h2-6H,15H2,1H3,(H,16,17,18). The molecule has 0 aliphatic rings. The number of halogens is 2. The van der Waals surface area contributed by atoms with E-state index in [1.807, 2.05) is 0 Å². The molecule has 0 saturated carbocycles. The highest BCUT2D eigenvalue weighted by atomic mass is 35.5. The first-order valence-corrected chi connectivity index (χ1v) is 6.05. The van der Waals surface area contributed by atoms with Crippen molar-refractivity contribution in [1.29, 1.82) is 0 Å². The second-order valence-electron chi connectivity index (χ2n) is 3.93. The molecule has 0 spiro atoms. The molecule has 0 aliphatic heterocycles. The molecule has 0 saturated heterocycles. The van der Waals surface area contributed by atoms with Crippen LogP contribution in [0.25, 0.3) is 11.4 Å². The summed E-state index contributed by atoms with van der Waals surface area (Å²) in [6, 6.07) is 6.03. The fourth-order valence-electron chi connectivity index (χ4n) is 1.52.